The lowest BCUT2D eigenvalue weighted by molar-refractivity contribution is -0.119. The van der Waals surface area contributed by atoms with Crippen molar-refractivity contribution in [2.75, 3.05) is 67.7 Å². The molecule has 1 spiro atoms. The molecule has 2 N–H and O–H groups in total. The number of nitrogens with one attached hydrogen (secondary N) is 2. The number of hydrogen-bond acceptors (Lipinski definition) is 12. The molecule has 0 saturated carbocycles. The first kappa shape index (κ1) is 34.8. The Morgan fingerprint density at radius 3 is 2.63 bits per heavy atom. The highest BCUT2D eigenvalue weighted by Crippen LogP contribution is 2.44. The van der Waals surface area contributed by atoms with Crippen molar-refractivity contribution in [3.05, 3.63) is 30.0 Å². The third kappa shape index (κ3) is 6.86. The van der Waals surface area contributed by atoms with Gasteiger partial charge < -0.3 is 39.5 Å². The fraction of sp³-hybridized carbons (Fsp3) is 0.611. The predicted molar refractivity (Wildman–Crippen MR) is 191 cm³/mol. The minimum absolute atomic E-state index is 0.104. The van der Waals surface area contributed by atoms with Gasteiger partial charge in [-0.25, -0.2) is 19.4 Å². The third-order valence-electron chi connectivity index (χ3n) is 10.5. The van der Waals surface area contributed by atoms with E-state index in [-0.39, 0.29) is 36.2 Å². The van der Waals surface area contributed by atoms with Gasteiger partial charge in [0.25, 0.3) is 0 Å². The fourth-order valence-corrected chi connectivity index (χ4v) is 7.83. The van der Waals surface area contributed by atoms with Gasteiger partial charge in [-0.1, -0.05) is 0 Å². The average Bonchev–Trinajstić information content (AvgIpc) is 3.64. The molecule has 0 aliphatic carbocycles. The van der Waals surface area contributed by atoms with Crippen LogP contribution in [0.5, 0.6) is 0 Å². The number of carbonyl (C=O) groups excluding carboxylic acids is 2. The first-order chi connectivity index (χ1) is 24.5. The van der Waals surface area contributed by atoms with Gasteiger partial charge in [0.2, 0.25) is 5.91 Å². The lowest BCUT2D eigenvalue weighted by Crippen LogP contribution is -2.55. The molecule has 15 heteroatoms. The van der Waals surface area contributed by atoms with Gasteiger partial charge in [-0.2, -0.15) is 5.26 Å². The number of likely N-dealkylation sites (N-methyl/N-ethyl adjacent to an activating group) is 1. The molecule has 2 amide bonds. The largest absolute Gasteiger partial charge is 0.444 e. The number of aromatic nitrogens is 4. The van der Waals surface area contributed by atoms with Crippen molar-refractivity contribution < 1.29 is 23.8 Å². The summed E-state index contributed by atoms with van der Waals surface area (Å²) in [6, 6.07) is 7.60. The zero-order valence-electron chi connectivity index (χ0n) is 30.1. The molecular formula is C36H48N10O5. The average molecular weight is 701 g/mol. The highest BCUT2D eigenvalue weighted by molar-refractivity contribution is 5.92. The van der Waals surface area contributed by atoms with Crippen LogP contribution in [0, 0.1) is 16.7 Å². The number of carbonyl (C=O) groups is 2. The van der Waals surface area contributed by atoms with Crippen molar-refractivity contribution in [1.29, 1.82) is 5.26 Å². The highest BCUT2D eigenvalue weighted by atomic mass is 16.6. The minimum Gasteiger partial charge on any atom is -0.444 e. The molecule has 4 aliphatic rings. The first-order valence-electron chi connectivity index (χ1n) is 18.0. The van der Waals surface area contributed by atoms with Crippen molar-refractivity contribution in [3.63, 3.8) is 0 Å². The Kier molecular flexibility index (Phi) is 9.40. The van der Waals surface area contributed by atoms with Gasteiger partial charge in [0, 0.05) is 45.2 Å². The lowest BCUT2D eigenvalue weighted by Gasteiger charge is -2.42. The minimum atomic E-state index is -0.582. The molecule has 0 bridgehead atoms. The van der Waals surface area contributed by atoms with Crippen molar-refractivity contribution in [2.24, 2.45) is 5.41 Å². The van der Waals surface area contributed by atoms with E-state index >= 15 is 0 Å². The number of rotatable bonds is 6. The number of piperidine rings is 1. The Morgan fingerprint density at radius 1 is 1.12 bits per heavy atom. The van der Waals surface area contributed by atoms with Crippen LogP contribution >= 0.6 is 0 Å². The maximum Gasteiger partial charge on any atom is 0.407 e. The number of fused-ring (bicyclic) bond motifs is 2. The van der Waals surface area contributed by atoms with Crippen LogP contribution in [-0.4, -0.2) is 102 Å². The van der Waals surface area contributed by atoms with Gasteiger partial charge in [-0.15, -0.1) is 5.10 Å². The summed E-state index contributed by atoms with van der Waals surface area (Å²) in [4.78, 5) is 41.7. The van der Waals surface area contributed by atoms with E-state index in [1.54, 1.807) is 13.1 Å². The van der Waals surface area contributed by atoms with Crippen LogP contribution in [0.15, 0.2) is 24.4 Å². The van der Waals surface area contributed by atoms with Gasteiger partial charge >= 0.3 is 6.09 Å². The standard InChI is InChI=1S/C36H48N10O5/c1-23-31(41-34(48)51-35(2,3)4)36(22-50-23)11-13-43(14-12-36)27-20-39-30-32(40-27)46(29-8-6-7-17-49-29)42-33(30)45-16-15-44(21-28(47)38-5)26-18-24(19-37)9-10-25(26)45/h9-10,18,20,23,29,31H,6-8,11-17,21-22H2,1-5H3,(H,38,47)(H,41,48)/t23-,29?,31+/m0/s1. The molecule has 4 aliphatic heterocycles. The molecule has 51 heavy (non-hydrogen) atoms. The Morgan fingerprint density at radius 2 is 1.92 bits per heavy atom. The molecule has 6 heterocycles. The van der Waals surface area contributed by atoms with Crippen LogP contribution in [0.3, 0.4) is 0 Å². The van der Waals surface area contributed by atoms with Gasteiger partial charge in [-0.05, 0) is 78.0 Å². The number of ether oxygens (including phenoxy) is 3. The van der Waals surface area contributed by atoms with E-state index in [9.17, 15) is 14.9 Å². The second-order valence-electron chi connectivity index (χ2n) is 15.0. The Hall–Kier alpha value is -4.68. The lowest BCUT2D eigenvalue weighted by atomic mass is 9.73. The fourth-order valence-electron chi connectivity index (χ4n) is 7.83. The third-order valence-corrected chi connectivity index (χ3v) is 10.5. The summed E-state index contributed by atoms with van der Waals surface area (Å²) in [5.74, 6) is 1.32. The zero-order chi connectivity index (χ0) is 35.9. The molecule has 7 rings (SSSR count). The summed E-state index contributed by atoms with van der Waals surface area (Å²) in [5.41, 5.74) is 2.68. The van der Waals surface area contributed by atoms with Gasteiger partial charge in [0.05, 0.1) is 54.5 Å². The summed E-state index contributed by atoms with van der Waals surface area (Å²) in [6.45, 7) is 11.6. The summed E-state index contributed by atoms with van der Waals surface area (Å²) < 4.78 is 19.8. The molecule has 1 unspecified atom stereocenters. The Labute approximate surface area is 298 Å². The van der Waals surface area contributed by atoms with Crippen molar-refractivity contribution in [1.82, 2.24) is 30.4 Å². The van der Waals surface area contributed by atoms with Crippen LogP contribution in [0.4, 0.5) is 27.8 Å². The molecule has 1 aromatic carbocycles. The van der Waals surface area contributed by atoms with Crippen LogP contribution in [-0.2, 0) is 19.0 Å². The maximum absolute atomic E-state index is 12.8. The second kappa shape index (κ2) is 13.8. The number of benzene rings is 1. The molecule has 3 aromatic rings. The first-order valence-corrected chi connectivity index (χ1v) is 18.0. The molecule has 3 fully saturated rings. The number of anilines is 4. The second-order valence-corrected chi connectivity index (χ2v) is 15.0. The molecule has 0 radical (unpaired) electrons. The maximum atomic E-state index is 12.8. The quantitative estimate of drug-likeness (QED) is 0.381. The summed E-state index contributed by atoms with van der Waals surface area (Å²) in [7, 11) is 1.62. The zero-order valence-corrected chi connectivity index (χ0v) is 30.1. The van der Waals surface area contributed by atoms with E-state index in [1.165, 1.54) is 0 Å². The molecule has 15 nitrogen and oxygen atoms in total. The van der Waals surface area contributed by atoms with E-state index in [0.717, 1.165) is 62.4 Å². The number of nitriles is 1. The monoisotopic (exact) mass is 700 g/mol. The van der Waals surface area contributed by atoms with Crippen LogP contribution < -0.4 is 25.3 Å². The van der Waals surface area contributed by atoms with E-state index < -0.39 is 11.7 Å². The van der Waals surface area contributed by atoms with Crippen LogP contribution in [0.25, 0.3) is 11.2 Å². The van der Waals surface area contributed by atoms with Crippen molar-refractivity contribution in [3.8, 4) is 6.07 Å². The Bertz CT molecular complexity index is 1820. The highest BCUT2D eigenvalue weighted by Gasteiger charge is 2.50. The SMILES string of the molecule is CNC(=O)CN1CCN(c2nn(C3CCCCO3)c3nc(N4CCC5(CC4)CO[C@@H](C)[C@H]5NC(=O)OC(C)(C)C)cnc23)c2ccc(C#N)cc21. The number of amides is 2. The summed E-state index contributed by atoms with van der Waals surface area (Å²) in [6.07, 6.45) is 5.50. The van der Waals surface area contributed by atoms with E-state index in [1.807, 2.05) is 55.6 Å². The molecule has 272 valence electrons. The van der Waals surface area contributed by atoms with Crippen LogP contribution in [0.1, 0.15) is 71.6 Å². The molecule has 2 aromatic heterocycles. The molecule has 3 saturated heterocycles. The number of hydrogen-bond donors (Lipinski definition) is 2. The van der Waals surface area contributed by atoms with Gasteiger partial charge in [0.15, 0.2) is 23.2 Å². The summed E-state index contributed by atoms with van der Waals surface area (Å²) in [5, 5.41) is 20.6. The van der Waals surface area contributed by atoms with Gasteiger partial charge in [-0.3, -0.25) is 4.79 Å². The number of alkyl carbamates (subject to hydrolysis) is 1. The molecular weight excluding hydrogens is 652 g/mol. The molecule has 3 atom stereocenters. The summed E-state index contributed by atoms with van der Waals surface area (Å²) >= 11 is 0. The van der Waals surface area contributed by atoms with E-state index in [0.29, 0.717) is 48.8 Å². The number of nitrogens with zero attached hydrogens (tertiary/aromatic N) is 8. The van der Waals surface area contributed by atoms with Crippen molar-refractivity contribution >= 4 is 46.2 Å². The predicted octanol–water partition coefficient (Wildman–Crippen LogP) is 4.00. The van der Waals surface area contributed by atoms with Gasteiger partial charge in [0.1, 0.15) is 11.4 Å². The van der Waals surface area contributed by atoms with Crippen molar-refractivity contribution in [2.45, 2.75) is 83.8 Å². The van der Waals surface area contributed by atoms with E-state index in [4.69, 9.17) is 29.3 Å². The smallest absolute Gasteiger partial charge is 0.407 e. The normalized spacial score (nSPS) is 23.2. The van der Waals surface area contributed by atoms with E-state index in [2.05, 4.69) is 26.5 Å². The van der Waals surface area contributed by atoms with Crippen LogP contribution in [0.2, 0.25) is 0 Å². The topological polar surface area (TPSA) is 163 Å². The Balaban J connectivity index is 1.18.